The summed E-state index contributed by atoms with van der Waals surface area (Å²) < 4.78 is 6.66. The van der Waals surface area contributed by atoms with Gasteiger partial charge in [-0.05, 0) is 79.2 Å². The molecule has 35 heavy (non-hydrogen) atoms. The first-order valence-electron chi connectivity index (χ1n) is 11.4. The van der Waals surface area contributed by atoms with Gasteiger partial charge in [-0.2, -0.15) is 0 Å². The number of hydrogen-bond donors (Lipinski definition) is 2. The number of amides is 1. The quantitative estimate of drug-likeness (QED) is 0.452. The Morgan fingerprint density at radius 1 is 1.23 bits per heavy atom. The normalized spacial score (nSPS) is 13.1. The predicted molar refractivity (Wildman–Crippen MR) is 139 cm³/mol. The van der Waals surface area contributed by atoms with Gasteiger partial charge in [0.05, 0.1) is 11.0 Å². The van der Waals surface area contributed by atoms with E-state index >= 15 is 0 Å². The Morgan fingerprint density at radius 2 is 1.86 bits per heavy atom. The highest BCUT2D eigenvalue weighted by molar-refractivity contribution is 6.29. The Morgan fingerprint density at radius 3 is 2.37 bits per heavy atom. The van der Waals surface area contributed by atoms with E-state index in [4.69, 9.17) is 21.4 Å². The lowest BCUT2D eigenvalue weighted by molar-refractivity contribution is -0.138. The Balaban J connectivity index is 0.000000518. The molecule has 2 N–H and O–H groups in total. The van der Waals surface area contributed by atoms with E-state index in [1.807, 2.05) is 13.0 Å². The molecule has 0 spiro atoms. The number of halogens is 1. The number of allylic oxidation sites excluding steroid dienone is 4. The van der Waals surface area contributed by atoms with Gasteiger partial charge in [0, 0.05) is 10.6 Å². The highest BCUT2D eigenvalue weighted by Gasteiger charge is 2.23. The molecule has 192 valence electrons. The summed E-state index contributed by atoms with van der Waals surface area (Å²) in [5.41, 5.74) is 1.90. The van der Waals surface area contributed by atoms with Crippen LogP contribution < -0.4 is 5.32 Å². The topological polar surface area (TPSA) is 111 Å². The zero-order valence-corrected chi connectivity index (χ0v) is 22.5. The Hall–Kier alpha value is -3.13. The summed E-state index contributed by atoms with van der Waals surface area (Å²) in [7, 11) is 0. The van der Waals surface area contributed by atoms with Crippen molar-refractivity contribution in [2.24, 2.45) is 0 Å². The molecule has 0 saturated heterocycles. The van der Waals surface area contributed by atoms with Crippen LogP contribution in [0.5, 0.6) is 0 Å². The van der Waals surface area contributed by atoms with Gasteiger partial charge in [-0.15, -0.1) is 0 Å². The van der Waals surface area contributed by atoms with Gasteiger partial charge in [0.15, 0.2) is 0 Å². The molecule has 0 bridgehead atoms. The highest BCUT2D eigenvalue weighted by atomic mass is 35.5. The maximum absolute atomic E-state index is 12.4. The van der Waals surface area contributed by atoms with Crippen LogP contribution in [0.2, 0.25) is 0 Å². The van der Waals surface area contributed by atoms with E-state index in [1.165, 1.54) is 42.0 Å². The summed E-state index contributed by atoms with van der Waals surface area (Å²) in [5.74, 6) is -1.25. The monoisotopic (exact) mass is 505 g/mol. The standard InChI is InChI=1S/C17H21N3O5.C9H15Cl/c1-9(15(22)23)18-14(21)11-6-7-12-13(8-11)20(10(2)19-12)16(24)25-17(3,4)5;1-4-5-8(2)6-7-9(3)10/h6-9H,1-5H3,(H,18,21)(H,22,23);6-7H,4-5H2,1-3H3/b;8-6-,9-7+. The van der Waals surface area contributed by atoms with Gasteiger partial charge >= 0.3 is 12.1 Å². The van der Waals surface area contributed by atoms with Gasteiger partial charge in [0.1, 0.15) is 17.5 Å². The van der Waals surface area contributed by atoms with E-state index in [2.05, 4.69) is 30.2 Å². The van der Waals surface area contributed by atoms with E-state index in [1.54, 1.807) is 33.8 Å². The molecule has 0 radical (unpaired) electrons. The number of carboxylic acids is 1. The van der Waals surface area contributed by atoms with Crippen LogP contribution in [0, 0.1) is 6.92 Å². The molecule has 1 atom stereocenters. The summed E-state index contributed by atoms with van der Waals surface area (Å²) in [6.45, 7) is 14.5. The van der Waals surface area contributed by atoms with Crippen molar-refractivity contribution in [3.05, 3.63) is 52.3 Å². The number of nitrogens with one attached hydrogen (secondary N) is 1. The lowest BCUT2D eigenvalue weighted by atomic mass is 10.1. The average molecular weight is 506 g/mol. The number of rotatable bonds is 6. The molecule has 0 aliphatic carbocycles. The fourth-order valence-electron chi connectivity index (χ4n) is 2.95. The number of fused-ring (bicyclic) bond motifs is 1. The van der Waals surface area contributed by atoms with Crippen LogP contribution in [0.4, 0.5) is 4.79 Å². The number of ether oxygens (including phenoxy) is 1. The van der Waals surface area contributed by atoms with Crippen LogP contribution in [0.25, 0.3) is 11.0 Å². The number of carbonyl (C=O) groups is 3. The molecule has 1 heterocycles. The number of nitrogens with zero attached hydrogens (tertiary/aromatic N) is 2. The van der Waals surface area contributed by atoms with Gasteiger partial charge in [-0.3, -0.25) is 9.59 Å². The number of benzene rings is 1. The second-order valence-corrected chi connectivity index (χ2v) is 9.82. The number of aryl methyl sites for hydroxylation is 1. The van der Waals surface area contributed by atoms with E-state index < -0.39 is 29.6 Å². The molecule has 1 unspecified atom stereocenters. The van der Waals surface area contributed by atoms with Crippen LogP contribution in [0.15, 0.2) is 41.0 Å². The van der Waals surface area contributed by atoms with Gasteiger partial charge < -0.3 is 15.2 Å². The molecule has 0 saturated carbocycles. The fraction of sp³-hybridized carbons (Fsp3) is 0.462. The third-order valence-electron chi connectivity index (χ3n) is 4.62. The molecule has 8 nitrogen and oxygen atoms in total. The summed E-state index contributed by atoms with van der Waals surface area (Å²) in [4.78, 5) is 39.8. The van der Waals surface area contributed by atoms with Crippen LogP contribution in [0.3, 0.4) is 0 Å². The molecular weight excluding hydrogens is 470 g/mol. The summed E-state index contributed by atoms with van der Waals surface area (Å²) in [5, 5.41) is 12.1. The summed E-state index contributed by atoms with van der Waals surface area (Å²) >= 11 is 5.64. The van der Waals surface area contributed by atoms with Crippen molar-refractivity contribution in [2.75, 3.05) is 0 Å². The second kappa shape index (κ2) is 13.1. The minimum Gasteiger partial charge on any atom is -0.480 e. The van der Waals surface area contributed by atoms with E-state index in [0.29, 0.717) is 16.9 Å². The van der Waals surface area contributed by atoms with Gasteiger partial charge in [0.25, 0.3) is 5.91 Å². The number of hydrogen-bond acceptors (Lipinski definition) is 5. The number of aromatic nitrogens is 2. The molecule has 1 aromatic carbocycles. The Bertz CT molecular complexity index is 1120. The van der Waals surface area contributed by atoms with Crippen LogP contribution in [-0.4, -0.2) is 44.3 Å². The molecule has 0 fully saturated rings. The fourth-order valence-corrected chi connectivity index (χ4v) is 3.01. The van der Waals surface area contributed by atoms with Crippen molar-refractivity contribution >= 4 is 40.6 Å². The minimum absolute atomic E-state index is 0.227. The molecular formula is C26H36ClN3O5. The van der Waals surface area contributed by atoms with Gasteiger partial charge in [-0.1, -0.05) is 36.6 Å². The second-order valence-electron chi connectivity index (χ2n) is 9.23. The number of carboxylic acid groups (broad SMARTS) is 1. The molecule has 0 aliphatic rings. The van der Waals surface area contributed by atoms with Gasteiger partial charge in [-0.25, -0.2) is 14.3 Å². The molecule has 2 aromatic rings. The van der Waals surface area contributed by atoms with E-state index in [0.717, 1.165) is 5.03 Å². The smallest absolute Gasteiger partial charge is 0.420 e. The lowest BCUT2D eigenvalue weighted by Crippen LogP contribution is -2.38. The van der Waals surface area contributed by atoms with Crippen molar-refractivity contribution < 1.29 is 24.2 Å². The van der Waals surface area contributed by atoms with Crippen molar-refractivity contribution in [3.8, 4) is 0 Å². The van der Waals surface area contributed by atoms with Crippen LogP contribution in [-0.2, 0) is 9.53 Å². The van der Waals surface area contributed by atoms with Crippen LogP contribution in [0.1, 0.15) is 77.5 Å². The van der Waals surface area contributed by atoms with Crippen molar-refractivity contribution in [2.45, 2.75) is 79.9 Å². The molecule has 1 amide bonds. The van der Waals surface area contributed by atoms with E-state index in [-0.39, 0.29) is 5.56 Å². The number of imidazole rings is 1. The Labute approximate surface area is 212 Å². The Kier molecular flexibility index (Phi) is 11.2. The molecule has 2 rings (SSSR count). The van der Waals surface area contributed by atoms with Crippen molar-refractivity contribution in [1.29, 1.82) is 0 Å². The first kappa shape index (κ1) is 29.9. The average Bonchev–Trinajstić information content (AvgIpc) is 3.06. The maximum Gasteiger partial charge on any atom is 0.420 e. The van der Waals surface area contributed by atoms with Crippen LogP contribution >= 0.6 is 11.6 Å². The third-order valence-corrected chi connectivity index (χ3v) is 4.75. The maximum atomic E-state index is 12.4. The van der Waals surface area contributed by atoms with Gasteiger partial charge in [0.2, 0.25) is 0 Å². The van der Waals surface area contributed by atoms with Crippen molar-refractivity contribution in [3.63, 3.8) is 0 Å². The highest BCUT2D eigenvalue weighted by Crippen LogP contribution is 2.20. The summed E-state index contributed by atoms with van der Waals surface area (Å²) in [6.07, 6.45) is 5.79. The van der Waals surface area contributed by atoms with E-state index in [9.17, 15) is 14.4 Å². The largest absolute Gasteiger partial charge is 0.480 e. The minimum atomic E-state index is -1.14. The lowest BCUT2D eigenvalue weighted by Gasteiger charge is -2.20. The SMILES string of the molecule is CCC/C(C)=C\C=C(/C)Cl.Cc1nc2ccc(C(=O)NC(C)C(=O)O)cc2n1C(=O)OC(C)(C)C. The first-order chi connectivity index (χ1) is 16.2. The predicted octanol–water partition coefficient (Wildman–Crippen LogP) is 6.21. The van der Waals surface area contributed by atoms with Crippen molar-refractivity contribution in [1.82, 2.24) is 14.9 Å². The number of aliphatic carboxylic acids is 1. The number of carbonyl (C=O) groups excluding carboxylic acids is 2. The summed E-state index contributed by atoms with van der Waals surface area (Å²) in [6, 6.07) is 3.59. The zero-order chi connectivity index (χ0) is 26.9. The first-order valence-corrected chi connectivity index (χ1v) is 11.8. The molecule has 1 aromatic heterocycles. The molecule has 9 heteroatoms. The third kappa shape index (κ3) is 9.94. The molecule has 0 aliphatic heterocycles. The zero-order valence-electron chi connectivity index (χ0n) is 21.7.